The number of hydrogen-bond acceptors (Lipinski definition) is 4. The Kier molecular flexibility index (Phi) is 5.11. The molecule has 2 aromatic carbocycles. The Morgan fingerprint density at radius 2 is 1.96 bits per heavy atom. The number of ether oxygens (including phenoxy) is 1. The summed E-state index contributed by atoms with van der Waals surface area (Å²) in [7, 11) is 0. The molecule has 1 heterocycles. The molecule has 0 spiro atoms. The zero-order valence-corrected chi connectivity index (χ0v) is 15.3. The van der Waals surface area contributed by atoms with Crippen molar-refractivity contribution in [3.05, 3.63) is 64.7 Å². The highest BCUT2D eigenvalue weighted by molar-refractivity contribution is 6.30. The molecule has 0 aliphatic rings. The number of aromatic nitrogens is 1. The van der Waals surface area contributed by atoms with E-state index in [9.17, 15) is 5.26 Å². The monoisotopic (exact) mass is 363 g/mol. The van der Waals surface area contributed by atoms with Gasteiger partial charge in [-0.3, -0.25) is 0 Å². The third-order valence-corrected chi connectivity index (χ3v) is 4.37. The molecule has 0 saturated carbocycles. The van der Waals surface area contributed by atoms with Crippen molar-refractivity contribution in [2.75, 3.05) is 12.3 Å². The first-order valence-corrected chi connectivity index (χ1v) is 8.63. The molecular weight excluding hydrogens is 346 g/mol. The summed E-state index contributed by atoms with van der Waals surface area (Å²) in [4.78, 5) is 4.47. The van der Waals surface area contributed by atoms with Crippen LogP contribution in [0.4, 0.5) is 5.82 Å². The van der Waals surface area contributed by atoms with Gasteiger partial charge in [-0.05, 0) is 37.6 Å². The van der Waals surface area contributed by atoms with Gasteiger partial charge in [0.25, 0.3) is 0 Å². The van der Waals surface area contributed by atoms with E-state index >= 15 is 0 Å². The van der Waals surface area contributed by atoms with E-state index in [0.29, 0.717) is 28.6 Å². The quantitative estimate of drug-likeness (QED) is 0.688. The van der Waals surface area contributed by atoms with Gasteiger partial charge in [0.15, 0.2) is 0 Å². The summed E-state index contributed by atoms with van der Waals surface area (Å²) in [5.41, 5.74) is 10.4. The lowest BCUT2D eigenvalue weighted by Crippen LogP contribution is -2.04. The average molecular weight is 364 g/mol. The number of para-hydroxylation sites is 1. The normalized spacial score (nSPS) is 10.4. The minimum Gasteiger partial charge on any atom is -0.493 e. The lowest BCUT2D eigenvalue weighted by Gasteiger charge is -2.17. The fourth-order valence-corrected chi connectivity index (χ4v) is 3.21. The highest BCUT2D eigenvalue weighted by Crippen LogP contribution is 2.40. The number of nitrogens with zero attached hydrogens (tertiary/aromatic N) is 2. The molecule has 1 aromatic heterocycles. The van der Waals surface area contributed by atoms with Gasteiger partial charge in [0.1, 0.15) is 23.2 Å². The van der Waals surface area contributed by atoms with Crippen LogP contribution in [0.5, 0.6) is 5.75 Å². The second-order valence-electron chi connectivity index (χ2n) is 5.77. The summed E-state index contributed by atoms with van der Waals surface area (Å²) < 4.78 is 5.76. The summed E-state index contributed by atoms with van der Waals surface area (Å²) >= 11 is 6.14. The van der Waals surface area contributed by atoms with E-state index in [1.807, 2.05) is 56.3 Å². The van der Waals surface area contributed by atoms with Crippen molar-refractivity contribution in [3.63, 3.8) is 0 Å². The van der Waals surface area contributed by atoms with Crippen molar-refractivity contribution in [2.45, 2.75) is 13.8 Å². The average Bonchev–Trinajstić information content (AvgIpc) is 2.64. The third kappa shape index (κ3) is 3.22. The van der Waals surface area contributed by atoms with Crippen LogP contribution in [-0.4, -0.2) is 11.6 Å². The molecule has 0 fully saturated rings. The maximum Gasteiger partial charge on any atom is 0.142 e. The molecule has 5 heteroatoms. The SMILES string of the molecule is CCOc1ccccc1-c1c(C)c(-c2cccc(Cl)c2)nc(N)c1C#N. The van der Waals surface area contributed by atoms with Gasteiger partial charge in [-0.1, -0.05) is 41.9 Å². The van der Waals surface area contributed by atoms with E-state index in [0.717, 1.165) is 22.3 Å². The van der Waals surface area contributed by atoms with E-state index in [-0.39, 0.29) is 5.82 Å². The van der Waals surface area contributed by atoms with Gasteiger partial charge in [0, 0.05) is 21.7 Å². The van der Waals surface area contributed by atoms with Crippen LogP contribution >= 0.6 is 11.6 Å². The number of pyridine rings is 1. The fourth-order valence-electron chi connectivity index (χ4n) is 3.02. The number of halogens is 1. The maximum absolute atomic E-state index is 9.68. The first-order valence-electron chi connectivity index (χ1n) is 8.25. The number of rotatable bonds is 4. The molecule has 0 saturated heterocycles. The maximum atomic E-state index is 9.68. The van der Waals surface area contributed by atoms with E-state index in [4.69, 9.17) is 22.1 Å². The minimum absolute atomic E-state index is 0.189. The van der Waals surface area contributed by atoms with Crippen LogP contribution in [0, 0.1) is 18.3 Å². The van der Waals surface area contributed by atoms with Gasteiger partial charge in [-0.25, -0.2) is 4.98 Å². The van der Waals surface area contributed by atoms with Crippen LogP contribution in [-0.2, 0) is 0 Å². The van der Waals surface area contributed by atoms with Crippen molar-refractivity contribution in [3.8, 4) is 34.2 Å². The standard InChI is InChI=1S/C21H18ClN3O/c1-3-26-18-10-5-4-9-16(18)19-13(2)20(25-21(24)17(19)12-23)14-7-6-8-15(22)11-14/h4-11H,3H2,1-2H3,(H2,24,25). The molecule has 0 bridgehead atoms. The van der Waals surface area contributed by atoms with Crippen molar-refractivity contribution in [2.24, 2.45) is 0 Å². The smallest absolute Gasteiger partial charge is 0.142 e. The Morgan fingerprint density at radius 1 is 1.19 bits per heavy atom. The number of anilines is 1. The van der Waals surface area contributed by atoms with Crippen LogP contribution in [0.15, 0.2) is 48.5 Å². The van der Waals surface area contributed by atoms with Crippen molar-refractivity contribution < 1.29 is 4.74 Å². The Morgan fingerprint density at radius 3 is 2.65 bits per heavy atom. The largest absolute Gasteiger partial charge is 0.493 e. The number of nitriles is 1. The predicted octanol–water partition coefficient (Wildman–Crippen LogP) is 5.23. The fraction of sp³-hybridized carbons (Fsp3) is 0.143. The molecule has 0 unspecified atom stereocenters. The minimum atomic E-state index is 0.189. The Labute approximate surface area is 157 Å². The number of nitrogen functional groups attached to an aromatic ring is 1. The van der Waals surface area contributed by atoms with Gasteiger partial charge < -0.3 is 10.5 Å². The molecule has 26 heavy (non-hydrogen) atoms. The van der Waals surface area contributed by atoms with Gasteiger partial charge in [-0.2, -0.15) is 5.26 Å². The van der Waals surface area contributed by atoms with Gasteiger partial charge in [-0.15, -0.1) is 0 Å². The molecule has 3 rings (SSSR count). The molecule has 0 atom stereocenters. The highest BCUT2D eigenvalue weighted by atomic mass is 35.5. The molecular formula is C21H18ClN3O. The molecule has 130 valence electrons. The van der Waals surface area contributed by atoms with Gasteiger partial charge in [0.05, 0.1) is 12.3 Å². The van der Waals surface area contributed by atoms with Crippen LogP contribution in [0.1, 0.15) is 18.1 Å². The molecule has 4 nitrogen and oxygen atoms in total. The second-order valence-corrected chi connectivity index (χ2v) is 6.21. The van der Waals surface area contributed by atoms with Gasteiger partial charge >= 0.3 is 0 Å². The molecule has 2 N–H and O–H groups in total. The van der Waals surface area contributed by atoms with E-state index in [1.54, 1.807) is 6.07 Å². The summed E-state index contributed by atoms with van der Waals surface area (Å²) in [6.45, 7) is 4.38. The zero-order chi connectivity index (χ0) is 18.7. The van der Waals surface area contributed by atoms with Gasteiger partial charge in [0.2, 0.25) is 0 Å². The van der Waals surface area contributed by atoms with Crippen molar-refractivity contribution >= 4 is 17.4 Å². The Bertz CT molecular complexity index is 1010. The van der Waals surface area contributed by atoms with Crippen LogP contribution < -0.4 is 10.5 Å². The van der Waals surface area contributed by atoms with Crippen LogP contribution in [0.3, 0.4) is 0 Å². The van der Waals surface area contributed by atoms with E-state index in [1.165, 1.54) is 0 Å². The Balaban J connectivity index is 2.34. The Hall–Kier alpha value is -3.03. The molecule has 0 radical (unpaired) electrons. The first kappa shape index (κ1) is 17.8. The topological polar surface area (TPSA) is 71.9 Å². The molecule has 0 aliphatic heterocycles. The lowest BCUT2D eigenvalue weighted by molar-refractivity contribution is 0.341. The molecule has 3 aromatic rings. The summed E-state index contributed by atoms with van der Waals surface area (Å²) in [6, 6.07) is 17.2. The van der Waals surface area contributed by atoms with Crippen molar-refractivity contribution in [1.82, 2.24) is 4.98 Å². The molecule has 0 aliphatic carbocycles. The van der Waals surface area contributed by atoms with E-state index in [2.05, 4.69) is 11.1 Å². The van der Waals surface area contributed by atoms with Crippen molar-refractivity contribution in [1.29, 1.82) is 5.26 Å². The molecule has 0 amide bonds. The van der Waals surface area contributed by atoms with Crippen LogP contribution in [0.2, 0.25) is 5.02 Å². The predicted molar refractivity (Wildman–Crippen MR) is 105 cm³/mol. The zero-order valence-electron chi connectivity index (χ0n) is 14.6. The highest BCUT2D eigenvalue weighted by Gasteiger charge is 2.20. The first-order chi connectivity index (χ1) is 12.6. The van der Waals surface area contributed by atoms with Crippen LogP contribution in [0.25, 0.3) is 22.4 Å². The third-order valence-electron chi connectivity index (χ3n) is 4.13. The van der Waals surface area contributed by atoms with E-state index < -0.39 is 0 Å². The second kappa shape index (κ2) is 7.47. The number of benzene rings is 2. The number of hydrogen-bond donors (Lipinski definition) is 1. The lowest BCUT2D eigenvalue weighted by atomic mass is 9.92. The number of nitrogens with two attached hydrogens (primary N) is 1. The summed E-state index contributed by atoms with van der Waals surface area (Å²) in [6.07, 6.45) is 0. The summed E-state index contributed by atoms with van der Waals surface area (Å²) in [5.74, 6) is 0.895. The summed E-state index contributed by atoms with van der Waals surface area (Å²) in [5, 5.41) is 10.3.